The van der Waals surface area contributed by atoms with Crippen LogP contribution in [0.2, 0.25) is 0 Å². The van der Waals surface area contributed by atoms with E-state index in [1.54, 1.807) is 0 Å². The van der Waals surface area contributed by atoms with Crippen molar-refractivity contribution in [2.75, 3.05) is 25.1 Å². The molecule has 1 aliphatic carbocycles. The summed E-state index contributed by atoms with van der Waals surface area (Å²) >= 11 is 0. The lowest BCUT2D eigenvalue weighted by Gasteiger charge is -2.24. The Labute approximate surface area is 116 Å². The first kappa shape index (κ1) is 14.4. The first-order valence-corrected chi connectivity index (χ1v) is 7.62. The van der Waals surface area contributed by atoms with Gasteiger partial charge in [-0.1, -0.05) is 33.1 Å². The zero-order chi connectivity index (χ0) is 13.5. The van der Waals surface area contributed by atoms with Crippen LogP contribution in [-0.4, -0.2) is 29.3 Å². The number of anilines is 1. The van der Waals surface area contributed by atoms with E-state index in [1.165, 1.54) is 32.1 Å². The molecule has 1 N–H and O–H groups in total. The SMILES string of the molecule is CC(C)COCCNc1nccn1C1CCCCC1. The number of nitrogens with zero attached hydrogens (tertiary/aromatic N) is 2. The molecule has 1 aliphatic rings. The summed E-state index contributed by atoms with van der Waals surface area (Å²) in [6, 6.07) is 0.635. The third-order valence-corrected chi connectivity index (χ3v) is 3.62. The van der Waals surface area contributed by atoms with Gasteiger partial charge in [0.25, 0.3) is 0 Å². The highest BCUT2D eigenvalue weighted by Crippen LogP contribution is 2.29. The largest absolute Gasteiger partial charge is 0.379 e. The molecule has 0 saturated heterocycles. The second-order valence-corrected chi connectivity index (χ2v) is 5.85. The average Bonchev–Trinajstić information content (AvgIpc) is 2.87. The first-order valence-electron chi connectivity index (χ1n) is 7.62. The average molecular weight is 265 g/mol. The van der Waals surface area contributed by atoms with E-state index < -0.39 is 0 Å². The second kappa shape index (κ2) is 7.53. The number of aromatic nitrogens is 2. The van der Waals surface area contributed by atoms with Gasteiger partial charge in [0.05, 0.1) is 6.61 Å². The molecule has 0 spiro atoms. The molecule has 2 rings (SSSR count). The predicted octanol–water partition coefficient (Wildman–Crippen LogP) is 3.47. The highest BCUT2D eigenvalue weighted by molar-refractivity contribution is 5.26. The van der Waals surface area contributed by atoms with Gasteiger partial charge in [-0.3, -0.25) is 0 Å². The molecule has 0 atom stereocenters. The van der Waals surface area contributed by atoms with Crippen LogP contribution in [0, 0.1) is 5.92 Å². The van der Waals surface area contributed by atoms with Crippen molar-refractivity contribution in [3.8, 4) is 0 Å². The van der Waals surface area contributed by atoms with Crippen molar-refractivity contribution in [2.45, 2.75) is 52.0 Å². The summed E-state index contributed by atoms with van der Waals surface area (Å²) in [6.07, 6.45) is 10.7. The van der Waals surface area contributed by atoms with Crippen LogP contribution in [0.25, 0.3) is 0 Å². The fourth-order valence-electron chi connectivity index (χ4n) is 2.66. The Hall–Kier alpha value is -1.03. The van der Waals surface area contributed by atoms with Gasteiger partial charge in [-0.15, -0.1) is 0 Å². The van der Waals surface area contributed by atoms with E-state index in [9.17, 15) is 0 Å². The zero-order valence-electron chi connectivity index (χ0n) is 12.3. The quantitative estimate of drug-likeness (QED) is 0.767. The maximum absolute atomic E-state index is 5.58. The Morgan fingerprint density at radius 3 is 2.89 bits per heavy atom. The van der Waals surface area contributed by atoms with Crippen molar-refractivity contribution >= 4 is 5.95 Å². The van der Waals surface area contributed by atoms with Gasteiger partial charge in [-0.05, 0) is 18.8 Å². The third kappa shape index (κ3) is 4.53. The Morgan fingerprint density at radius 2 is 2.16 bits per heavy atom. The smallest absolute Gasteiger partial charge is 0.203 e. The van der Waals surface area contributed by atoms with E-state index in [2.05, 4.69) is 34.9 Å². The predicted molar refractivity (Wildman–Crippen MR) is 78.5 cm³/mol. The third-order valence-electron chi connectivity index (χ3n) is 3.62. The van der Waals surface area contributed by atoms with Crippen LogP contribution in [0.3, 0.4) is 0 Å². The summed E-state index contributed by atoms with van der Waals surface area (Å²) in [5.41, 5.74) is 0. The van der Waals surface area contributed by atoms with Crippen LogP contribution in [-0.2, 0) is 4.74 Å². The van der Waals surface area contributed by atoms with Crippen molar-refractivity contribution in [2.24, 2.45) is 5.92 Å². The van der Waals surface area contributed by atoms with Crippen LogP contribution in [0.4, 0.5) is 5.95 Å². The van der Waals surface area contributed by atoms with Crippen molar-refractivity contribution in [1.82, 2.24) is 9.55 Å². The lowest BCUT2D eigenvalue weighted by Crippen LogP contribution is -2.18. The monoisotopic (exact) mass is 265 g/mol. The molecule has 0 bridgehead atoms. The van der Waals surface area contributed by atoms with E-state index in [1.807, 2.05) is 6.20 Å². The highest BCUT2D eigenvalue weighted by Gasteiger charge is 2.17. The van der Waals surface area contributed by atoms with Gasteiger partial charge in [-0.25, -0.2) is 4.98 Å². The lowest BCUT2D eigenvalue weighted by molar-refractivity contribution is 0.118. The Kier molecular flexibility index (Phi) is 5.70. The first-order chi connectivity index (χ1) is 9.27. The van der Waals surface area contributed by atoms with E-state index in [0.29, 0.717) is 12.0 Å². The number of imidazole rings is 1. The summed E-state index contributed by atoms with van der Waals surface area (Å²) in [7, 11) is 0. The fraction of sp³-hybridized carbons (Fsp3) is 0.800. The Balaban J connectivity index is 1.76. The van der Waals surface area contributed by atoms with E-state index in [-0.39, 0.29) is 0 Å². The van der Waals surface area contributed by atoms with E-state index in [0.717, 1.165) is 25.7 Å². The maximum atomic E-state index is 5.58. The molecule has 19 heavy (non-hydrogen) atoms. The minimum Gasteiger partial charge on any atom is -0.379 e. The molecule has 1 aromatic heterocycles. The van der Waals surface area contributed by atoms with Crippen LogP contribution >= 0.6 is 0 Å². The summed E-state index contributed by atoms with van der Waals surface area (Å²) in [5, 5.41) is 3.39. The lowest BCUT2D eigenvalue weighted by atomic mass is 9.95. The molecule has 1 fully saturated rings. The number of nitrogens with one attached hydrogen (secondary N) is 1. The summed E-state index contributed by atoms with van der Waals surface area (Å²) in [4.78, 5) is 4.42. The molecule has 1 aromatic rings. The number of hydrogen-bond donors (Lipinski definition) is 1. The number of rotatable bonds is 7. The molecule has 0 radical (unpaired) electrons. The standard InChI is InChI=1S/C15H27N3O/c1-13(2)12-19-11-9-17-15-16-8-10-18(15)14-6-4-3-5-7-14/h8,10,13-14H,3-7,9,11-12H2,1-2H3,(H,16,17). The zero-order valence-corrected chi connectivity index (χ0v) is 12.3. The summed E-state index contributed by atoms with van der Waals surface area (Å²) < 4.78 is 7.89. The molecular weight excluding hydrogens is 238 g/mol. The van der Waals surface area contributed by atoms with Gasteiger partial charge in [0, 0.05) is 31.6 Å². The van der Waals surface area contributed by atoms with E-state index >= 15 is 0 Å². The van der Waals surface area contributed by atoms with Crippen LogP contribution < -0.4 is 5.32 Å². The number of ether oxygens (including phenoxy) is 1. The van der Waals surface area contributed by atoms with Crippen LogP contribution in [0.5, 0.6) is 0 Å². The van der Waals surface area contributed by atoms with E-state index in [4.69, 9.17) is 4.74 Å². The maximum Gasteiger partial charge on any atom is 0.203 e. The van der Waals surface area contributed by atoms with Gasteiger partial charge in [-0.2, -0.15) is 0 Å². The van der Waals surface area contributed by atoms with Crippen molar-refractivity contribution in [3.63, 3.8) is 0 Å². The summed E-state index contributed by atoms with van der Waals surface area (Å²) in [6.45, 7) is 6.75. The molecule has 0 unspecified atom stereocenters. The van der Waals surface area contributed by atoms with Gasteiger partial charge >= 0.3 is 0 Å². The van der Waals surface area contributed by atoms with Crippen molar-refractivity contribution in [1.29, 1.82) is 0 Å². The van der Waals surface area contributed by atoms with Gasteiger partial charge in [0.1, 0.15) is 0 Å². The minimum atomic E-state index is 0.601. The topological polar surface area (TPSA) is 39.1 Å². The van der Waals surface area contributed by atoms with Gasteiger partial charge in [0.15, 0.2) is 0 Å². The Morgan fingerprint density at radius 1 is 1.37 bits per heavy atom. The van der Waals surface area contributed by atoms with Crippen LogP contribution in [0.15, 0.2) is 12.4 Å². The minimum absolute atomic E-state index is 0.601. The molecule has 0 aromatic carbocycles. The molecule has 0 amide bonds. The molecule has 1 saturated carbocycles. The molecule has 4 heteroatoms. The molecular formula is C15H27N3O. The Bertz CT molecular complexity index is 356. The fourth-order valence-corrected chi connectivity index (χ4v) is 2.66. The van der Waals surface area contributed by atoms with Crippen molar-refractivity contribution < 1.29 is 4.74 Å². The van der Waals surface area contributed by atoms with Crippen molar-refractivity contribution in [3.05, 3.63) is 12.4 Å². The normalized spacial score (nSPS) is 17.0. The summed E-state index contributed by atoms with van der Waals surface area (Å²) in [5.74, 6) is 1.60. The molecule has 4 nitrogen and oxygen atoms in total. The second-order valence-electron chi connectivity index (χ2n) is 5.85. The highest BCUT2D eigenvalue weighted by atomic mass is 16.5. The number of hydrogen-bond acceptors (Lipinski definition) is 3. The molecule has 0 aliphatic heterocycles. The van der Waals surface area contributed by atoms with Gasteiger partial charge in [0.2, 0.25) is 5.95 Å². The molecule has 108 valence electrons. The van der Waals surface area contributed by atoms with Crippen LogP contribution in [0.1, 0.15) is 52.0 Å². The molecule has 1 heterocycles. The van der Waals surface area contributed by atoms with Gasteiger partial charge < -0.3 is 14.6 Å².